The molecule has 2 heteroatoms. The van der Waals surface area contributed by atoms with Crippen molar-refractivity contribution < 1.29 is 9.53 Å². The Balaban J connectivity index is 2.71. The van der Waals surface area contributed by atoms with Crippen LogP contribution in [0.1, 0.15) is 19.8 Å². The van der Waals surface area contributed by atoms with E-state index in [0.29, 0.717) is 6.42 Å². The molecule has 1 aliphatic heterocycles. The Morgan fingerprint density at radius 2 is 2.46 bits per heavy atom. The van der Waals surface area contributed by atoms with Crippen LogP contribution < -0.4 is 0 Å². The van der Waals surface area contributed by atoms with Gasteiger partial charge in [0.05, 0.1) is 0 Å². The van der Waals surface area contributed by atoms with Gasteiger partial charge in [0.15, 0.2) is 0 Å². The summed E-state index contributed by atoms with van der Waals surface area (Å²) in [5, 5.41) is 0. The first-order chi connectivity index (χ1) is 6.27. The molecule has 13 heavy (non-hydrogen) atoms. The Labute approximate surface area is 78.6 Å². The third kappa shape index (κ3) is 2.58. The number of cyclic esters (lactones) is 1. The van der Waals surface area contributed by atoms with E-state index in [1.54, 1.807) is 6.08 Å². The quantitative estimate of drug-likeness (QED) is 0.490. The van der Waals surface area contributed by atoms with Crippen molar-refractivity contribution in [1.82, 2.24) is 0 Å². The Morgan fingerprint density at radius 3 is 2.92 bits per heavy atom. The molecule has 0 saturated carbocycles. The van der Waals surface area contributed by atoms with Gasteiger partial charge in [-0.2, -0.15) is 0 Å². The molecule has 0 amide bonds. The maximum absolute atomic E-state index is 10.9. The first kappa shape index (κ1) is 9.78. The number of carbonyl (C=O) groups excluding carboxylic acids is 1. The summed E-state index contributed by atoms with van der Waals surface area (Å²) >= 11 is 0. The molecule has 0 radical (unpaired) electrons. The van der Waals surface area contributed by atoms with E-state index in [0.717, 1.165) is 12.0 Å². The Bertz CT molecular complexity index is 261. The van der Waals surface area contributed by atoms with Gasteiger partial charge < -0.3 is 4.74 Å². The minimum atomic E-state index is -0.107. The van der Waals surface area contributed by atoms with E-state index in [1.807, 2.05) is 25.2 Å². The molecule has 0 aromatic carbocycles. The van der Waals surface area contributed by atoms with E-state index < -0.39 is 0 Å². The van der Waals surface area contributed by atoms with Gasteiger partial charge in [-0.15, -0.1) is 0 Å². The molecule has 1 heterocycles. The molecule has 1 unspecified atom stereocenters. The predicted molar refractivity (Wildman–Crippen MR) is 52.2 cm³/mol. The number of allylic oxidation sites excluding steroid dienone is 3. The average Bonchev–Trinajstić information content (AvgIpc) is 2.51. The molecule has 1 aliphatic rings. The summed E-state index contributed by atoms with van der Waals surface area (Å²) in [6.45, 7) is 5.56. The minimum absolute atomic E-state index is 0.0679. The summed E-state index contributed by atoms with van der Waals surface area (Å²) in [4.78, 5) is 10.9. The molecule has 1 rings (SSSR count). The minimum Gasteiger partial charge on any atom is -0.457 e. The largest absolute Gasteiger partial charge is 0.457 e. The highest BCUT2D eigenvalue weighted by Crippen LogP contribution is 2.21. The van der Waals surface area contributed by atoms with Gasteiger partial charge >= 0.3 is 5.97 Å². The van der Waals surface area contributed by atoms with E-state index in [4.69, 9.17) is 4.74 Å². The van der Waals surface area contributed by atoms with Crippen LogP contribution in [0.4, 0.5) is 0 Å². The van der Waals surface area contributed by atoms with Crippen molar-refractivity contribution in [2.24, 2.45) is 0 Å². The number of rotatable bonds is 3. The van der Waals surface area contributed by atoms with Crippen molar-refractivity contribution in [3.05, 3.63) is 36.5 Å². The molecule has 0 bridgehead atoms. The zero-order valence-electron chi connectivity index (χ0n) is 7.82. The van der Waals surface area contributed by atoms with Gasteiger partial charge in [-0.25, -0.2) is 0 Å². The van der Waals surface area contributed by atoms with Crippen molar-refractivity contribution in [2.45, 2.75) is 25.9 Å². The monoisotopic (exact) mass is 178 g/mol. The summed E-state index contributed by atoms with van der Waals surface area (Å²) in [5.74, 6) is -0.107. The SMILES string of the molecule is C=C/C=C(\C=C/C)C1CCC(=O)O1. The van der Waals surface area contributed by atoms with Crippen LogP contribution in [0, 0.1) is 0 Å². The number of esters is 1. The van der Waals surface area contributed by atoms with Gasteiger partial charge in [0.2, 0.25) is 0 Å². The van der Waals surface area contributed by atoms with Crippen LogP contribution in [-0.4, -0.2) is 12.1 Å². The molecule has 2 nitrogen and oxygen atoms in total. The molecule has 0 aromatic heterocycles. The van der Waals surface area contributed by atoms with Crippen LogP contribution in [0.2, 0.25) is 0 Å². The summed E-state index contributed by atoms with van der Waals surface area (Å²) in [7, 11) is 0. The first-order valence-electron chi connectivity index (χ1n) is 4.42. The standard InChI is InChI=1S/C11H14O2/c1-3-5-9(6-4-2)10-7-8-11(12)13-10/h3-6,10H,1,7-8H2,2H3/b6-4-,9-5+. The molecule has 70 valence electrons. The molecule has 0 aromatic rings. The third-order valence-corrected chi connectivity index (χ3v) is 1.93. The van der Waals surface area contributed by atoms with Gasteiger partial charge in [0, 0.05) is 6.42 Å². The topological polar surface area (TPSA) is 26.3 Å². The zero-order valence-corrected chi connectivity index (χ0v) is 7.82. The molecule has 0 spiro atoms. The van der Waals surface area contributed by atoms with E-state index in [1.165, 1.54) is 0 Å². The summed E-state index contributed by atoms with van der Waals surface area (Å²) in [6, 6.07) is 0. The van der Waals surface area contributed by atoms with Gasteiger partial charge in [-0.1, -0.05) is 30.9 Å². The summed E-state index contributed by atoms with van der Waals surface area (Å²) < 4.78 is 5.12. The van der Waals surface area contributed by atoms with Crippen molar-refractivity contribution in [2.75, 3.05) is 0 Å². The zero-order chi connectivity index (χ0) is 9.68. The van der Waals surface area contributed by atoms with Crippen LogP contribution in [0.25, 0.3) is 0 Å². The molecule has 0 N–H and O–H groups in total. The molecule has 0 aliphatic carbocycles. The second-order valence-electron chi connectivity index (χ2n) is 2.92. The highest BCUT2D eigenvalue weighted by Gasteiger charge is 2.24. The average molecular weight is 178 g/mol. The number of hydrogen-bond acceptors (Lipinski definition) is 2. The van der Waals surface area contributed by atoms with Gasteiger partial charge in [0.1, 0.15) is 6.10 Å². The number of hydrogen-bond donors (Lipinski definition) is 0. The van der Waals surface area contributed by atoms with Gasteiger partial charge in [-0.05, 0) is 18.9 Å². The predicted octanol–water partition coefficient (Wildman–Crippen LogP) is 2.38. The highest BCUT2D eigenvalue weighted by atomic mass is 16.5. The third-order valence-electron chi connectivity index (χ3n) is 1.93. The van der Waals surface area contributed by atoms with Crippen molar-refractivity contribution in [1.29, 1.82) is 0 Å². The van der Waals surface area contributed by atoms with Crippen molar-refractivity contribution >= 4 is 5.97 Å². The van der Waals surface area contributed by atoms with Crippen LogP contribution in [0.3, 0.4) is 0 Å². The molecule has 1 fully saturated rings. The first-order valence-corrected chi connectivity index (χ1v) is 4.42. The Hall–Kier alpha value is -1.31. The summed E-state index contributed by atoms with van der Waals surface area (Å²) in [5.41, 5.74) is 1.02. The lowest BCUT2D eigenvalue weighted by Gasteiger charge is -2.09. The number of carbonyl (C=O) groups is 1. The van der Waals surface area contributed by atoms with Gasteiger partial charge in [-0.3, -0.25) is 4.79 Å². The lowest BCUT2D eigenvalue weighted by atomic mass is 10.1. The maximum atomic E-state index is 10.9. The Morgan fingerprint density at radius 1 is 1.69 bits per heavy atom. The van der Waals surface area contributed by atoms with Crippen LogP contribution in [0.15, 0.2) is 36.5 Å². The van der Waals surface area contributed by atoms with E-state index in [-0.39, 0.29) is 12.1 Å². The van der Waals surface area contributed by atoms with Crippen molar-refractivity contribution in [3.8, 4) is 0 Å². The fourth-order valence-electron chi connectivity index (χ4n) is 1.36. The maximum Gasteiger partial charge on any atom is 0.306 e. The molecular weight excluding hydrogens is 164 g/mol. The lowest BCUT2D eigenvalue weighted by molar-refractivity contribution is -0.140. The molecule has 1 saturated heterocycles. The molecular formula is C11H14O2. The van der Waals surface area contributed by atoms with Crippen LogP contribution >= 0.6 is 0 Å². The number of ether oxygens (including phenoxy) is 1. The smallest absolute Gasteiger partial charge is 0.306 e. The van der Waals surface area contributed by atoms with E-state index >= 15 is 0 Å². The fraction of sp³-hybridized carbons (Fsp3) is 0.364. The second-order valence-corrected chi connectivity index (χ2v) is 2.92. The normalized spacial score (nSPS) is 23.6. The fourth-order valence-corrected chi connectivity index (χ4v) is 1.36. The van der Waals surface area contributed by atoms with Crippen LogP contribution in [0.5, 0.6) is 0 Å². The van der Waals surface area contributed by atoms with E-state index in [9.17, 15) is 4.79 Å². The second kappa shape index (κ2) is 4.65. The Kier molecular flexibility index (Phi) is 3.50. The summed E-state index contributed by atoms with van der Waals surface area (Å²) in [6.07, 6.45) is 8.71. The molecule has 1 atom stereocenters. The lowest BCUT2D eigenvalue weighted by Crippen LogP contribution is -2.08. The highest BCUT2D eigenvalue weighted by molar-refractivity contribution is 5.72. The van der Waals surface area contributed by atoms with Gasteiger partial charge in [0.25, 0.3) is 0 Å². The van der Waals surface area contributed by atoms with Crippen molar-refractivity contribution in [3.63, 3.8) is 0 Å². The van der Waals surface area contributed by atoms with Crippen LogP contribution in [-0.2, 0) is 9.53 Å². The van der Waals surface area contributed by atoms with E-state index in [2.05, 4.69) is 6.58 Å².